The first kappa shape index (κ1) is 17.8. The number of hydrogen-bond acceptors (Lipinski definition) is 7. The molecule has 2 heterocycles. The number of hydrogen-bond donors (Lipinski definition) is 1. The van der Waals surface area contributed by atoms with Crippen molar-refractivity contribution in [1.82, 2.24) is 10.2 Å². The van der Waals surface area contributed by atoms with Crippen LogP contribution in [0, 0.1) is 0 Å². The van der Waals surface area contributed by atoms with Gasteiger partial charge in [-0.05, 0) is 24.5 Å². The van der Waals surface area contributed by atoms with Crippen LogP contribution in [0.2, 0.25) is 0 Å². The molecule has 3 rings (SSSR count). The van der Waals surface area contributed by atoms with Crippen molar-refractivity contribution in [2.45, 2.75) is 30.5 Å². The summed E-state index contributed by atoms with van der Waals surface area (Å²) in [6.07, 6.45) is 1.65. The number of sulfone groups is 1. The molecule has 25 heavy (non-hydrogen) atoms. The zero-order valence-corrected chi connectivity index (χ0v) is 15.6. The Morgan fingerprint density at radius 3 is 2.92 bits per heavy atom. The van der Waals surface area contributed by atoms with Gasteiger partial charge in [-0.25, -0.2) is 8.42 Å². The monoisotopic (exact) mass is 380 g/mol. The molecule has 2 aromatic rings. The van der Waals surface area contributed by atoms with Crippen molar-refractivity contribution in [3.63, 3.8) is 0 Å². The van der Waals surface area contributed by atoms with E-state index in [1.807, 2.05) is 31.2 Å². The predicted octanol–water partition coefficient (Wildman–Crippen LogP) is 2.11. The third kappa shape index (κ3) is 3.98. The van der Waals surface area contributed by atoms with Gasteiger partial charge in [0, 0.05) is 25.2 Å². The third-order valence-electron chi connectivity index (χ3n) is 3.97. The van der Waals surface area contributed by atoms with E-state index in [9.17, 15) is 13.2 Å². The van der Waals surface area contributed by atoms with Crippen molar-refractivity contribution < 1.29 is 13.2 Å². The standard InChI is InChI=1S/C16H20N4O3S2/c1-2-9-17-15-18-19-16(24-15)25(22,23)11-8-14(21)20-10-7-12-5-3-4-6-13(12)20/h3-6H,2,7-11H2,1H3,(H,17,18). The second-order valence-electron chi connectivity index (χ2n) is 5.79. The summed E-state index contributed by atoms with van der Waals surface area (Å²) in [5.74, 6) is -0.435. The molecule has 0 atom stereocenters. The Morgan fingerprint density at radius 2 is 2.12 bits per heavy atom. The number of benzene rings is 1. The Labute approximate surface area is 151 Å². The van der Waals surface area contributed by atoms with Crippen LogP contribution in [-0.2, 0) is 21.1 Å². The third-order valence-corrected chi connectivity index (χ3v) is 7.01. The number of fused-ring (bicyclic) bond motifs is 1. The molecular formula is C16H20N4O3S2. The summed E-state index contributed by atoms with van der Waals surface area (Å²) in [6, 6.07) is 7.71. The van der Waals surface area contributed by atoms with E-state index in [1.54, 1.807) is 4.90 Å². The summed E-state index contributed by atoms with van der Waals surface area (Å²) in [7, 11) is -3.61. The highest BCUT2D eigenvalue weighted by molar-refractivity contribution is 7.93. The summed E-state index contributed by atoms with van der Waals surface area (Å²) < 4.78 is 24.7. The number of rotatable bonds is 7. The number of carbonyl (C=O) groups is 1. The van der Waals surface area contributed by atoms with E-state index < -0.39 is 9.84 Å². The van der Waals surface area contributed by atoms with Crippen LogP contribution in [0.5, 0.6) is 0 Å². The molecule has 0 spiro atoms. The SMILES string of the molecule is CCCNc1nnc(S(=O)(=O)CCC(=O)N2CCc3ccccc32)s1. The van der Waals surface area contributed by atoms with E-state index in [4.69, 9.17) is 0 Å². The van der Waals surface area contributed by atoms with Crippen LogP contribution in [0.3, 0.4) is 0 Å². The summed E-state index contributed by atoms with van der Waals surface area (Å²) in [4.78, 5) is 14.1. The molecule has 0 fully saturated rings. The smallest absolute Gasteiger partial charge is 0.234 e. The van der Waals surface area contributed by atoms with Crippen molar-refractivity contribution in [3.05, 3.63) is 29.8 Å². The minimum atomic E-state index is -3.61. The first-order valence-corrected chi connectivity index (χ1v) is 10.7. The van der Waals surface area contributed by atoms with Gasteiger partial charge in [0.2, 0.25) is 25.2 Å². The molecule has 0 radical (unpaired) electrons. The van der Waals surface area contributed by atoms with Crippen molar-refractivity contribution >= 4 is 37.9 Å². The Balaban J connectivity index is 1.62. The number of nitrogens with one attached hydrogen (secondary N) is 1. The Hall–Kier alpha value is -2.00. The summed E-state index contributed by atoms with van der Waals surface area (Å²) in [5, 5.41) is 11.1. The lowest BCUT2D eigenvalue weighted by atomic mass is 10.2. The van der Waals surface area contributed by atoms with E-state index >= 15 is 0 Å². The molecule has 1 amide bonds. The van der Waals surface area contributed by atoms with Crippen molar-refractivity contribution in [2.24, 2.45) is 0 Å². The number of amides is 1. The Kier molecular flexibility index (Phi) is 5.33. The van der Waals surface area contributed by atoms with Gasteiger partial charge in [-0.2, -0.15) is 0 Å². The largest absolute Gasteiger partial charge is 0.360 e. The molecule has 1 aliphatic rings. The fourth-order valence-corrected chi connectivity index (χ4v) is 4.96. The molecule has 0 saturated heterocycles. The van der Waals surface area contributed by atoms with Gasteiger partial charge in [0.05, 0.1) is 5.75 Å². The lowest BCUT2D eigenvalue weighted by molar-refractivity contribution is -0.118. The number of aromatic nitrogens is 2. The Morgan fingerprint density at radius 1 is 1.32 bits per heavy atom. The van der Waals surface area contributed by atoms with E-state index in [2.05, 4.69) is 15.5 Å². The summed E-state index contributed by atoms with van der Waals surface area (Å²) in [5.41, 5.74) is 2.00. The predicted molar refractivity (Wildman–Crippen MR) is 97.9 cm³/mol. The molecular weight excluding hydrogens is 360 g/mol. The zero-order chi connectivity index (χ0) is 17.9. The molecule has 1 aromatic heterocycles. The molecule has 134 valence electrons. The fourth-order valence-electron chi connectivity index (χ4n) is 2.68. The van der Waals surface area contributed by atoms with Crippen molar-refractivity contribution in [1.29, 1.82) is 0 Å². The summed E-state index contributed by atoms with van der Waals surface area (Å²) in [6.45, 7) is 3.32. The van der Waals surface area contributed by atoms with Gasteiger partial charge >= 0.3 is 0 Å². The molecule has 0 bridgehead atoms. The first-order chi connectivity index (χ1) is 12.0. The Bertz CT molecular complexity index is 864. The minimum Gasteiger partial charge on any atom is -0.360 e. The minimum absolute atomic E-state index is 0.0410. The highest BCUT2D eigenvalue weighted by atomic mass is 32.2. The lowest BCUT2D eigenvalue weighted by Crippen LogP contribution is -2.30. The second-order valence-corrected chi connectivity index (χ2v) is 9.05. The quantitative estimate of drug-likeness (QED) is 0.791. The van der Waals surface area contributed by atoms with Crippen LogP contribution in [-0.4, -0.2) is 43.4 Å². The van der Waals surface area contributed by atoms with E-state index in [-0.39, 0.29) is 22.4 Å². The number of nitrogens with zero attached hydrogens (tertiary/aromatic N) is 3. The maximum Gasteiger partial charge on any atom is 0.234 e. The number of anilines is 2. The van der Waals surface area contributed by atoms with Gasteiger partial charge in [0.25, 0.3) is 0 Å². The number of para-hydroxylation sites is 1. The first-order valence-electron chi connectivity index (χ1n) is 8.19. The van der Waals surface area contributed by atoms with Crippen LogP contribution in [0.15, 0.2) is 28.6 Å². The molecule has 7 nitrogen and oxygen atoms in total. The maximum atomic E-state index is 12.4. The molecule has 1 aliphatic heterocycles. The average molecular weight is 380 g/mol. The number of carbonyl (C=O) groups excluding carboxylic acids is 1. The summed E-state index contributed by atoms with van der Waals surface area (Å²) >= 11 is 1.01. The van der Waals surface area contributed by atoms with Crippen molar-refractivity contribution in [2.75, 3.05) is 29.1 Å². The normalized spacial score (nSPS) is 13.7. The van der Waals surface area contributed by atoms with Crippen LogP contribution in [0.1, 0.15) is 25.3 Å². The topological polar surface area (TPSA) is 92.3 Å². The van der Waals surface area contributed by atoms with Crippen LogP contribution in [0.25, 0.3) is 0 Å². The lowest BCUT2D eigenvalue weighted by Gasteiger charge is -2.16. The van der Waals surface area contributed by atoms with Crippen LogP contribution >= 0.6 is 11.3 Å². The van der Waals surface area contributed by atoms with E-state index in [0.29, 0.717) is 18.2 Å². The highest BCUT2D eigenvalue weighted by Crippen LogP contribution is 2.28. The van der Waals surface area contributed by atoms with Gasteiger partial charge in [-0.3, -0.25) is 4.79 Å². The molecule has 0 unspecified atom stereocenters. The maximum absolute atomic E-state index is 12.4. The highest BCUT2D eigenvalue weighted by Gasteiger charge is 2.27. The van der Waals surface area contributed by atoms with E-state index in [1.165, 1.54) is 0 Å². The van der Waals surface area contributed by atoms with Crippen LogP contribution in [0.4, 0.5) is 10.8 Å². The van der Waals surface area contributed by atoms with E-state index in [0.717, 1.165) is 35.4 Å². The second kappa shape index (κ2) is 7.49. The van der Waals surface area contributed by atoms with Gasteiger partial charge < -0.3 is 10.2 Å². The molecule has 1 N–H and O–H groups in total. The van der Waals surface area contributed by atoms with Gasteiger partial charge in [-0.1, -0.05) is 36.5 Å². The van der Waals surface area contributed by atoms with Gasteiger partial charge in [-0.15, -0.1) is 10.2 Å². The molecule has 1 aromatic carbocycles. The fraction of sp³-hybridized carbons (Fsp3) is 0.438. The van der Waals surface area contributed by atoms with Gasteiger partial charge in [0.15, 0.2) is 0 Å². The van der Waals surface area contributed by atoms with Gasteiger partial charge in [0.1, 0.15) is 0 Å². The molecule has 9 heteroatoms. The molecule has 0 aliphatic carbocycles. The van der Waals surface area contributed by atoms with Crippen LogP contribution < -0.4 is 10.2 Å². The average Bonchev–Trinajstić information content (AvgIpc) is 3.25. The molecule has 0 saturated carbocycles. The zero-order valence-electron chi connectivity index (χ0n) is 13.9. The van der Waals surface area contributed by atoms with Crippen molar-refractivity contribution in [3.8, 4) is 0 Å².